The zero-order chi connectivity index (χ0) is 22.8. The van der Waals surface area contributed by atoms with Crippen LogP contribution in [0.2, 0.25) is 0 Å². The molecule has 0 spiro atoms. The Bertz CT molecular complexity index is 1210. The summed E-state index contributed by atoms with van der Waals surface area (Å²) in [6.45, 7) is 3.37. The first kappa shape index (κ1) is 21.7. The molecule has 0 N–H and O–H groups in total. The summed E-state index contributed by atoms with van der Waals surface area (Å²) in [5, 5.41) is 0. The maximum Gasteiger partial charge on any atom is 0.0914 e. The van der Waals surface area contributed by atoms with E-state index in [0.717, 1.165) is 57.9 Å². The zero-order valence-electron chi connectivity index (χ0n) is 19.7. The molecule has 0 aliphatic carbocycles. The van der Waals surface area contributed by atoms with E-state index in [0.29, 0.717) is 19.2 Å². The predicted octanol–water partition coefficient (Wildman–Crippen LogP) is 4.19. The third kappa shape index (κ3) is 4.54. The lowest BCUT2D eigenvalue weighted by Gasteiger charge is -2.36. The number of fused-ring (bicyclic) bond motifs is 1. The van der Waals surface area contributed by atoms with Gasteiger partial charge in [-0.25, -0.2) is 4.98 Å². The Morgan fingerprint density at radius 2 is 1.91 bits per heavy atom. The number of ether oxygens (including phenoxy) is 1. The van der Waals surface area contributed by atoms with E-state index in [1.807, 2.05) is 6.20 Å². The lowest BCUT2D eigenvalue weighted by Crippen LogP contribution is -2.42. The van der Waals surface area contributed by atoms with Crippen molar-refractivity contribution in [2.45, 2.75) is 25.5 Å². The molecule has 1 fully saturated rings. The molecule has 0 bridgehead atoms. The molecule has 0 saturated carbocycles. The molecule has 0 radical (unpaired) electrons. The van der Waals surface area contributed by atoms with Crippen molar-refractivity contribution in [3.8, 4) is 0 Å². The maximum absolute atomic E-state index is 5.30. The molecule has 0 amide bonds. The lowest BCUT2D eigenvalue weighted by molar-refractivity contribution is 0.185. The van der Waals surface area contributed by atoms with Gasteiger partial charge in [-0.05, 0) is 56.8 Å². The molecule has 6 nitrogen and oxygen atoms in total. The van der Waals surface area contributed by atoms with Crippen molar-refractivity contribution in [2.75, 3.05) is 45.7 Å². The number of methoxy groups -OCH3 is 1. The highest BCUT2D eigenvalue weighted by Gasteiger charge is 2.22. The molecule has 170 valence electrons. The van der Waals surface area contributed by atoms with Gasteiger partial charge in [0.2, 0.25) is 0 Å². The van der Waals surface area contributed by atoms with E-state index >= 15 is 0 Å². The fraction of sp³-hybridized carbons (Fsp3) is 0.370. The Morgan fingerprint density at radius 1 is 1.06 bits per heavy atom. The second-order valence-electron chi connectivity index (χ2n) is 9.05. The molecular weight excluding hydrogens is 410 g/mol. The Morgan fingerprint density at radius 3 is 2.70 bits per heavy atom. The molecule has 0 atom stereocenters. The van der Waals surface area contributed by atoms with Gasteiger partial charge in [0.05, 0.1) is 47.5 Å². The first-order valence-electron chi connectivity index (χ1n) is 11.6. The van der Waals surface area contributed by atoms with Crippen LogP contribution in [0.5, 0.6) is 0 Å². The van der Waals surface area contributed by atoms with E-state index in [1.165, 1.54) is 12.8 Å². The van der Waals surface area contributed by atoms with Crippen LogP contribution in [0.4, 0.5) is 5.69 Å². The number of allylic oxidation sites excluding steroid dienone is 1. The minimum atomic E-state index is 0.592. The number of hydrogen-bond acceptors (Lipinski definition) is 6. The number of anilines is 1. The predicted molar refractivity (Wildman–Crippen MR) is 135 cm³/mol. The average Bonchev–Trinajstić information content (AvgIpc) is 3.34. The summed E-state index contributed by atoms with van der Waals surface area (Å²) < 4.78 is 5.30. The SMILES string of the molecule is COCc1cccc(C2=NCC=C2c2ccc3ncc(N4CCC(N(C)C)CC4)cc3n2)c1. The number of aliphatic imine (C=N–C) groups is 1. The van der Waals surface area contributed by atoms with Crippen LogP contribution < -0.4 is 4.90 Å². The summed E-state index contributed by atoms with van der Waals surface area (Å²) in [6, 6.07) is 15.4. The van der Waals surface area contributed by atoms with E-state index in [-0.39, 0.29) is 0 Å². The molecule has 1 saturated heterocycles. The van der Waals surface area contributed by atoms with E-state index in [9.17, 15) is 0 Å². The summed E-state index contributed by atoms with van der Waals surface area (Å²) in [5.74, 6) is 0. The first-order chi connectivity index (χ1) is 16.1. The van der Waals surface area contributed by atoms with Crippen LogP contribution in [-0.4, -0.2) is 67.5 Å². The molecule has 1 aromatic carbocycles. The van der Waals surface area contributed by atoms with Crippen molar-refractivity contribution >= 4 is 28.0 Å². The molecule has 6 heteroatoms. The third-order valence-corrected chi connectivity index (χ3v) is 6.67. The average molecular weight is 442 g/mol. The van der Waals surface area contributed by atoms with Gasteiger partial charge in [-0.1, -0.05) is 24.3 Å². The summed E-state index contributed by atoms with van der Waals surface area (Å²) in [6.07, 6.45) is 6.50. The second-order valence-corrected chi connectivity index (χ2v) is 9.05. The van der Waals surface area contributed by atoms with Gasteiger partial charge >= 0.3 is 0 Å². The Hall–Kier alpha value is -3.09. The van der Waals surface area contributed by atoms with Crippen molar-refractivity contribution in [3.05, 3.63) is 71.6 Å². The minimum Gasteiger partial charge on any atom is -0.380 e. The largest absolute Gasteiger partial charge is 0.380 e. The summed E-state index contributed by atoms with van der Waals surface area (Å²) in [4.78, 5) is 19.3. The van der Waals surface area contributed by atoms with Crippen LogP contribution in [-0.2, 0) is 11.3 Å². The van der Waals surface area contributed by atoms with Crippen LogP contribution in [0.1, 0.15) is 29.7 Å². The summed E-state index contributed by atoms with van der Waals surface area (Å²) >= 11 is 0. The fourth-order valence-electron chi connectivity index (χ4n) is 4.82. The molecule has 2 aromatic heterocycles. The van der Waals surface area contributed by atoms with Crippen LogP contribution in [0.3, 0.4) is 0 Å². The quantitative estimate of drug-likeness (QED) is 0.574. The monoisotopic (exact) mass is 441 g/mol. The Kier molecular flexibility index (Phi) is 6.20. The first-order valence-corrected chi connectivity index (χ1v) is 11.6. The van der Waals surface area contributed by atoms with Crippen LogP contribution in [0.25, 0.3) is 16.6 Å². The van der Waals surface area contributed by atoms with E-state index in [2.05, 4.69) is 72.4 Å². The molecular formula is C27H31N5O. The van der Waals surface area contributed by atoms with Gasteiger partial charge in [0.15, 0.2) is 0 Å². The van der Waals surface area contributed by atoms with Crippen LogP contribution in [0, 0.1) is 0 Å². The van der Waals surface area contributed by atoms with Crippen molar-refractivity contribution in [1.82, 2.24) is 14.9 Å². The number of nitrogens with zero attached hydrogens (tertiary/aromatic N) is 5. The molecule has 3 aromatic rings. The molecule has 0 unspecified atom stereocenters. The van der Waals surface area contributed by atoms with Crippen molar-refractivity contribution in [2.24, 2.45) is 4.99 Å². The van der Waals surface area contributed by atoms with Crippen molar-refractivity contribution < 1.29 is 4.74 Å². The Labute approximate surface area is 195 Å². The second kappa shape index (κ2) is 9.41. The molecule has 4 heterocycles. The number of pyridine rings is 2. The van der Waals surface area contributed by atoms with Crippen LogP contribution >= 0.6 is 0 Å². The van der Waals surface area contributed by atoms with E-state index in [4.69, 9.17) is 19.7 Å². The lowest BCUT2D eigenvalue weighted by atomic mass is 9.98. The standard InChI is InChI=1S/C27H31N5O/c1-31(2)21-10-13-32(14-11-21)22-16-26-25(29-17-22)8-7-24(30-26)23-9-12-28-27(23)20-6-4-5-19(15-20)18-33-3/h4-9,15-17,21H,10-14,18H2,1-3H3. The summed E-state index contributed by atoms with van der Waals surface area (Å²) in [7, 11) is 6.07. The van der Waals surface area contributed by atoms with Gasteiger partial charge in [0.25, 0.3) is 0 Å². The number of aromatic nitrogens is 2. The van der Waals surface area contributed by atoms with E-state index < -0.39 is 0 Å². The van der Waals surface area contributed by atoms with Gasteiger partial charge in [-0.2, -0.15) is 0 Å². The fourth-order valence-corrected chi connectivity index (χ4v) is 4.82. The minimum absolute atomic E-state index is 0.592. The topological polar surface area (TPSA) is 53.9 Å². The number of piperidine rings is 1. The molecule has 2 aliphatic rings. The molecule has 5 rings (SSSR count). The zero-order valence-corrected chi connectivity index (χ0v) is 19.7. The van der Waals surface area contributed by atoms with Gasteiger partial charge in [-0.3, -0.25) is 9.98 Å². The highest BCUT2D eigenvalue weighted by Crippen LogP contribution is 2.28. The molecule has 33 heavy (non-hydrogen) atoms. The van der Waals surface area contributed by atoms with E-state index in [1.54, 1.807) is 7.11 Å². The van der Waals surface area contributed by atoms with Crippen LogP contribution in [0.15, 0.2) is 59.7 Å². The maximum atomic E-state index is 5.30. The molecule has 2 aliphatic heterocycles. The van der Waals surface area contributed by atoms with Crippen molar-refractivity contribution in [3.63, 3.8) is 0 Å². The smallest absolute Gasteiger partial charge is 0.0914 e. The van der Waals surface area contributed by atoms with Gasteiger partial charge in [0, 0.05) is 37.4 Å². The van der Waals surface area contributed by atoms with Gasteiger partial charge < -0.3 is 14.5 Å². The van der Waals surface area contributed by atoms with Crippen molar-refractivity contribution in [1.29, 1.82) is 0 Å². The highest BCUT2D eigenvalue weighted by atomic mass is 16.5. The van der Waals surface area contributed by atoms with Gasteiger partial charge in [-0.15, -0.1) is 0 Å². The summed E-state index contributed by atoms with van der Waals surface area (Å²) in [5.41, 5.74) is 8.28. The third-order valence-electron chi connectivity index (χ3n) is 6.67. The normalized spacial score (nSPS) is 17.0. The number of hydrogen-bond donors (Lipinski definition) is 0. The van der Waals surface area contributed by atoms with Gasteiger partial charge in [0.1, 0.15) is 0 Å². The number of rotatable bonds is 6. The highest BCUT2D eigenvalue weighted by molar-refractivity contribution is 6.32. The Balaban J connectivity index is 1.41. The number of benzene rings is 1.